The van der Waals surface area contributed by atoms with Gasteiger partial charge in [0.1, 0.15) is 0 Å². The SMILES string of the molecule is CC(CCCCN1CCCCCCC1)(NC1CC1)C(N)=O. The first-order valence-corrected chi connectivity index (χ1v) is 8.90. The van der Waals surface area contributed by atoms with Crippen LogP contribution in [0, 0.1) is 0 Å². The van der Waals surface area contributed by atoms with Crippen LogP contribution in [0.5, 0.6) is 0 Å². The van der Waals surface area contributed by atoms with Gasteiger partial charge in [0, 0.05) is 6.04 Å². The van der Waals surface area contributed by atoms with E-state index in [1.54, 1.807) is 0 Å². The highest BCUT2D eigenvalue weighted by Gasteiger charge is 2.36. The summed E-state index contributed by atoms with van der Waals surface area (Å²) in [4.78, 5) is 14.3. The van der Waals surface area contributed by atoms with Crippen LogP contribution < -0.4 is 11.1 Å². The monoisotopic (exact) mass is 295 g/mol. The standard InChI is InChI=1S/C17H33N3O/c1-17(16(18)21,19-15-9-10-15)11-5-8-14-20-12-6-3-2-4-7-13-20/h15,19H,2-14H2,1H3,(H2,18,21). The Kier molecular flexibility index (Phi) is 6.49. The summed E-state index contributed by atoms with van der Waals surface area (Å²) in [7, 11) is 0. The van der Waals surface area contributed by atoms with Crippen molar-refractivity contribution in [1.29, 1.82) is 0 Å². The predicted molar refractivity (Wildman–Crippen MR) is 87.1 cm³/mol. The van der Waals surface area contributed by atoms with Crippen molar-refractivity contribution in [2.45, 2.75) is 82.7 Å². The molecule has 1 aliphatic carbocycles. The average Bonchev–Trinajstić information content (AvgIpc) is 3.20. The van der Waals surface area contributed by atoms with E-state index in [2.05, 4.69) is 10.2 Å². The highest BCUT2D eigenvalue weighted by molar-refractivity contribution is 5.84. The molecule has 1 saturated carbocycles. The Morgan fingerprint density at radius 1 is 1.14 bits per heavy atom. The molecule has 0 aromatic heterocycles. The summed E-state index contributed by atoms with van der Waals surface area (Å²) in [6, 6.07) is 0.525. The Balaban J connectivity index is 1.65. The Hall–Kier alpha value is -0.610. The summed E-state index contributed by atoms with van der Waals surface area (Å²) >= 11 is 0. The van der Waals surface area contributed by atoms with E-state index in [9.17, 15) is 4.79 Å². The lowest BCUT2D eigenvalue weighted by Gasteiger charge is -2.29. The Morgan fingerprint density at radius 2 is 1.76 bits per heavy atom. The molecule has 1 aliphatic heterocycles. The molecule has 1 unspecified atom stereocenters. The molecule has 1 heterocycles. The topological polar surface area (TPSA) is 58.4 Å². The maximum Gasteiger partial charge on any atom is 0.237 e. The average molecular weight is 295 g/mol. The third kappa shape index (κ3) is 5.95. The van der Waals surface area contributed by atoms with Gasteiger partial charge in [0.2, 0.25) is 5.91 Å². The number of primary amides is 1. The highest BCUT2D eigenvalue weighted by atomic mass is 16.1. The molecule has 4 heteroatoms. The second-order valence-electron chi connectivity index (χ2n) is 7.18. The van der Waals surface area contributed by atoms with Gasteiger partial charge in [-0.3, -0.25) is 4.79 Å². The van der Waals surface area contributed by atoms with Gasteiger partial charge in [0.05, 0.1) is 5.54 Å². The summed E-state index contributed by atoms with van der Waals surface area (Å²) in [6.07, 6.45) is 12.4. The molecular weight excluding hydrogens is 262 g/mol. The molecule has 0 aromatic rings. The van der Waals surface area contributed by atoms with Crippen LogP contribution in [0.1, 0.15) is 71.1 Å². The molecule has 0 bridgehead atoms. The summed E-state index contributed by atoms with van der Waals surface area (Å²) in [5.74, 6) is -0.194. The van der Waals surface area contributed by atoms with E-state index in [1.807, 2.05) is 6.92 Å². The minimum absolute atomic E-state index is 0.194. The van der Waals surface area contributed by atoms with Gasteiger partial charge in [-0.15, -0.1) is 0 Å². The molecule has 4 nitrogen and oxygen atoms in total. The first-order chi connectivity index (χ1) is 10.1. The van der Waals surface area contributed by atoms with Gasteiger partial charge in [-0.2, -0.15) is 0 Å². The number of rotatable bonds is 8. The number of nitrogens with one attached hydrogen (secondary N) is 1. The number of nitrogens with zero attached hydrogens (tertiary/aromatic N) is 1. The number of hydrogen-bond donors (Lipinski definition) is 2. The highest BCUT2D eigenvalue weighted by Crippen LogP contribution is 2.25. The van der Waals surface area contributed by atoms with E-state index in [4.69, 9.17) is 5.73 Å². The van der Waals surface area contributed by atoms with Crippen LogP contribution in [0.25, 0.3) is 0 Å². The molecule has 3 N–H and O–H groups in total. The van der Waals surface area contributed by atoms with Crippen LogP contribution in [0.3, 0.4) is 0 Å². The normalized spacial score (nSPS) is 24.0. The van der Waals surface area contributed by atoms with Crippen molar-refractivity contribution in [2.75, 3.05) is 19.6 Å². The Bertz CT molecular complexity index is 322. The van der Waals surface area contributed by atoms with E-state index in [1.165, 1.54) is 71.0 Å². The zero-order chi connectivity index (χ0) is 15.1. The van der Waals surface area contributed by atoms with E-state index in [0.29, 0.717) is 6.04 Å². The second-order valence-corrected chi connectivity index (χ2v) is 7.18. The smallest absolute Gasteiger partial charge is 0.237 e. The molecule has 21 heavy (non-hydrogen) atoms. The van der Waals surface area contributed by atoms with E-state index < -0.39 is 5.54 Å². The van der Waals surface area contributed by atoms with Crippen LogP contribution >= 0.6 is 0 Å². The fourth-order valence-corrected chi connectivity index (χ4v) is 3.30. The summed E-state index contributed by atoms with van der Waals surface area (Å²) in [5.41, 5.74) is 5.10. The summed E-state index contributed by atoms with van der Waals surface area (Å²) in [5, 5.41) is 3.44. The van der Waals surface area contributed by atoms with Crippen LogP contribution in [-0.2, 0) is 4.79 Å². The molecule has 2 rings (SSSR count). The number of carbonyl (C=O) groups excluding carboxylic acids is 1. The molecule has 1 atom stereocenters. The molecule has 0 radical (unpaired) electrons. The number of hydrogen-bond acceptors (Lipinski definition) is 3. The second kappa shape index (κ2) is 8.14. The number of amides is 1. The van der Waals surface area contributed by atoms with Crippen LogP contribution in [0.4, 0.5) is 0 Å². The number of unbranched alkanes of at least 4 members (excludes halogenated alkanes) is 1. The lowest BCUT2D eigenvalue weighted by molar-refractivity contribution is -0.124. The molecule has 1 saturated heterocycles. The maximum atomic E-state index is 11.7. The van der Waals surface area contributed by atoms with Gasteiger partial charge in [-0.05, 0) is 71.5 Å². The largest absolute Gasteiger partial charge is 0.368 e. The Labute approximate surface area is 129 Å². The van der Waals surface area contributed by atoms with Gasteiger partial charge in [-0.25, -0.2) is 0 Å². The zero-order valence-corrected chi connectivity index (χ0v) is 13.7. The third-order valence-corrected chi connectivity index (χ3v) is 4.99. The van der Waals surface area contributed by atoms with Crippen molar-refractivity contribution in [3.8, 4) is 0 Å². The molecule has 2 fully saturated rings. The lowest BCUT2D eigenvalue weighted by atomic mass is 9.93. The van der Waals surface area contributed by atoms with Gasteiger partial charge in [0.25, 0.3) is 0 Å². The maximum absolute atomic E-state index is 11.7. The summed E-state index contributed by atoms with van der Waals surface area (Å²) < 4.78 is 0. The lowest BCUT2D eigenvalue weighted by Crippen LogP contribution is -2.54. The van der Waals surface area contributed by atoms with Crippen molar-refractivity contribution in [1.82, 2.24) is 10.2 Å². The molecule has 122 valence electrons. The van der Waals surface area contributed by atoms with Crippen LogP contribution in [0.15, 0.2) is 0 Å². The van der Waals surface area contributed by atoms with Crippen molar-refractivity contribution in [3.63, 3.8) is 0 Å². The quantitative estimate of drug-likeness (QED) is 0.676. The molecule has 2 aliphatic rings. The van der Waals surface area contributed by atoms with Gasteiger partial charge >= 0.3 is 0 Å². The van der Waals surface area contributed by atoms with Crippen molar-refractivity contribution >= 4 is 5.91 Å². The minimum Gasteiger partial charge on any atom is -0.368 e. The minimum atomic E-state index is -0.503. The number of carbonyl (C=O) groups is 1. The predicted octanol–water partition coefficient (Wildman–Crippen LogP) is 2.42. The van der Waals surface area contributed by atoms with Crippen LogP contribution in [-0.4, -0.2) is 42.0 Å². The Morgan fingerprint density at radius 3 is 2.33 bits per heavy atom. The van der Waals surface area contributed by atoms with Crippen molar-refractivity contribution in [2.24, 2.45) is 5.73 Å². The van der Waals surface area contributed by atoms with Gasteiger partial charge < -0.3 is 16.0 Å². The van der Waals surface area contributed by atoms with Gasteiger partial charge in [-0.1, -0.05) is 19.3 Å². The van der Waals surface area contributed by atoms with E-state index in [-0.39, 0.29) is 5.91 Å². The van der Waals surface area contributed by atoms with Crippen molar-refractivity contribution in [3.05, 3.63) is 0 Å². The van der Waals surface area contributed by atoms with Gasteiger partial charge in [0.15, 0.2) is 0 Å². The first kappa shape index (κ1) is 16.8. The van der Waals surface area contributed by atoms with Crippen molar-refractivity contribution < 1.29 is 4.79 Å². The summed E-state index contributed by atoms with van der Waals surface area (Å²) in [6.45, 7) is 5.67. The van der Waals surface area contributed by atoms with E-state index in [0.717, 1.165) is 12.8 Å². The van der Waals surface area contributed by atoms with Crippen LogP contribution in [0.2, 0.25) is 0 Å². The molecule has 0 spiro atoms. The molecule has 0 aromatic carbocycles. The fraction of sp³-hybridized carbons (Fsp3) is 0.941. The molecular formula is C17H33N3O. The van der Waals surface area contributed by atoms with E-state index >= 15 is 0 Å². The number of nitrogens with two attached hydrogens (primary N) is 1. The third-order valence-electron chi connectivity index (χ3n) is 4.99. The number of likely N-dealkylation sites (tertiary alicyclic amines) is 1. The first-order valence-electron chi connectivity index (χ1n) is 8.90. The zero-order valence-electron chi connectivity index (χ0n) is 13.7. The molecule has 1 amide bonds. The fourth-order valence-electron chi connectivity index (χ4n) is 3.30.